The standard InChI is InChI=1S/C14H23NO/c1-11-12(2)15(10-8-14(11)16)9-7-13-5-3-4-6-13/h5,11-12H,3-4,6-10H2,1-2H3. The summed E-state index contributed by atoms with van der Waals surface area (Å²) in [7, 11) is 0. The van der Waals surface area contributed by atoms with E-state index in [-0.39, 0.29) is 5.92 Å². The molecule has 2 atom stereocenters. The Morgan fingerprint density at radius 2 is 2.19 bits per heavy atom. The summed E-state index contributed by atoms with van der Waals surface area (Å²) in [5.74, 6) is 0.676. The fourth-order valence-electron chi connectivity index (χ4n) is 2.84. The van der Waals surface area contributed by atoms with Gasteiger partial charge in [0.1, 0.15) is 5.78 Å². The third kappa shape index (κ3) is 2.54. The van der Waals surface area contributed by atoms with Gasteiger partial charge < -0.3 is 0 Å². The van der Waals surface area contributed by atoms with Gasteiger partial charge in [0.2, 0.25) is 0 Å². The lowest BCUT2D eigenvalue weighted by Gasteiger charge is -2.37. The van der Waals surface area contributed by atoms with Crippen molar-refractivity contribution in [2.24, 2.45) is 5.92 Å². The van der Waals surface area contributed by atoms with Gasteiger partial charge in [0.15, 0.2) is 0 Å². The fourth-order valence-corrected chi connectivity index (χ4v) is 2.84. The number of rotatable bonds is 3. The van der Waals surface area contributed by atoms with E-state index in [0.717, 1.165) is 19.5 Å². The highest BCUT2D eigenvalue weighted by atomic mass is 16.1. The number of carbonyl (C=O) groups excluding carboxylic acids is 1. The SMILES string of the molecule is CC1C(=O)CCN(CCC2=CCCC2)C1C. The molecular formula is C14H23NO. The van der Waals surface area contributed by atoms with Crippen LogP contribution in [-0.2, 0) is 4.79 Å². The van der Waals surface area contributed by atoms with Gasteiger partial charge in [-0.1, -0.05) is 18.6 Å². The molecule has 0 aromatic rings. The van der Waals surface area contributed by atoms with Crippen molar-refractivity contribution in [2.75, 3.05) is 13.1 Å². The Labute approximate surface area is 98.7 Å². The number of nitrogens with zero attached hydrogens (tertiary/aromatic N) is 1. The Bertz CT molecular complexity index is 295. The van der Waals surface area contributed by atoms with E-state index in [1.54, 1.807) is 5.57 Å². The highest BCUT2D eigenvalue weighted by molar-refractivity contribution is 5.82. The van der Waals surface area contributed by atoms with Crippen molar-refractivity contribution in [3.63, 3.8) is 0 Å². The maximum absolute atomic E-state index is 11.6. The van der Waals surface area contributed by atoms with E-state index in [1.807, 2.05) is 0 Å². The van der Waals surface area contributed by atoms with E-state index in [4.69, 9.17) is 0 Å². The molecule has 1 aliphatic carbocycles. The topological polar surface area (TPSA) is 20.3 Å². The molecule has 0 N–H and O–H groups in total. The van der Waals surface area contributed by atoms with Gasteiger partial charge in [0.25, 0.3) is 0 Å². The van der Waals surface area contributed by atoms with Gasteiger partial charge in [-0.15, -0.1) is 0 Å². The van der Waals surface area contributed by atoms with Crippen LogP contribution in [0.2, 0.25) is 0 Å². The maximum Gasteiger partial charge on any atom is 0.138 e. The van der Waals surface area contributed by atoms with E-state index < -0.39 is 0 Å². The van der Waals surface area contributed by atoms with E-state index in [0.29, 0.717) is 11.8 Å². The quantitative estimate of drug-likeness (QED) is 0.683. The number of hydrogen-bond donors (Lipinski definition) is 0. The van der Waals surface area contributed by atoms with Crippen molar-refractivity contribution < 1.29 is 4.79 Å². The number of Topliss-reactive ketones (excluding diaryl/α,β-unsaturated/α-hetero) is 1. The van der Waals surface area contributed by atoms with Gasteiger partial charge in [-0.2, -0.15) is 0 Å². The molecule has 2 rings (SSSR count). The Morgan fingerprint density at radius 3 is 2.88 bits per heavy atom. The monoisotopic (exact) mass is 221 g/mol. The number of ketones is 1. The smallest absolute Gasteiger partial charge is 0.138 e. The Hall–Kier alpha value is -0.630. The summed E-state index contributed by atoms with van der Waals surface area (Å²) < 4.78 is 0. The number of hydrogen-bond acceptors (Lipinski definition) is 2. The predicted molar refractivity (Wildman–Crippen MR) is 66.4 cm³/mol. The molecule has 1 heterocycles. The van der Waals surface area contributed by atoms with Gasteiger partial charge in [0, 0.05) is 31.5 Å². The molecule has 1 saturated heterocycles. The van der Waals surface area contributed by atoms with Crippen LogP contribution >= 0.6 is 0 Å². The van der Waals surface area contributed by atoms with E-state index in [1.165, 1.54) is 25.7 Å². The summed E-state index contributed by atoms with van der Waals surface area (Å²) in [5, 5.41) is 0. The number of piperidine rings is 1. The predicted octanol–water partition coefficient (Wildman–Crippen LogP) is 2.79. The van der Waals surface area contributed by atoms with Crippen LogP contribution in [0.3, 0.4) is 0 Å². The molecule has 90 valence electrons. The van der Waals surface area contributed by atoms with Crippen molar-refractivity contribution >= 4 is 5.78 Å². The first-order chi connectivity index (χ1) is 7.68. The summed E-state index contributed by atoms with van der Waals surface area (Å²) in [4.78, 5) is 14.1. The molecule has 0 amide bonds. The summed E-state index contributed by atoms with van der Waals surface area (Å²) in [5.41, 5.74) is 1.64. The van der Waals surface area contributed by atoms with Gasteiger partial charge in [-0.05, 0) is 32.6 Å². The van der Waals surface area contributed by atoms with Crippen LogP contribution in [0.15, 0.2) is 11.6 Å². The zero-order valence-electron chi connectivity index (χ0n) is 10.5. The molecule has 0 radical (unpaired) electrons. The van der Waals surface area contributed by atoms with Crippen molar-refractivity contribution in [1.29, 1.82) is 0 Å². The van der Waals surface area contributed by atoms with Crippen LogP contribution < -0.4 is 0 Å². The number of allylic oxidation sites excluding steroid dienone is 1. The zero-order chi connectivity index (χ0) is 11.5. The normalized spacial score (nSPS) is 31.9. The largest absolute Gasteiger partial charge is 0.299 e. The first-order valence-corrected chi connectivity index (χ1v) is 6.63. The highest BCUT2D eigenvalue weighted by Gasteiger charge is 2.30. The van der Waals surface area contributed by atoms with Crippen LogP contribution in [0.5, 0.6) is 0 Å². The first kappa shape index (κ1) is 11.8. The average Bonchev–Trinajstić information content (AvgIpc) is 2.78. The Morgan fingerprint density at radius 1 is 1.38 bits per heavy atom. The second-order valence-corrected chi connectivity index (χ2v) is 5.29. The highest BCUT2D eigenvalue weighted by Crippen LogP contribution is 2.24. The van der Waals surface area contributed by atoms with Crippen molar-refractivity contribution in [3.05, 3.63) is 11.6 Å². The fraction of sp³-hybridized carbons (Fsp3) is 0.786. The minimum atomic E-state index is 0.228. The van der Waals surface area contributed by atoms with Crippen molar-refractivity contribution in [2.45, 2.75) is 52.0 Å². The van der Waals surface area contributed by atoms with E-state index >= 15 is 0 Å². The maximum atomic E-state index is 11.6. The van der Waals surface area contributed by atoms with Gasteiger partial charge in [-0.25, -0.2) is 0 Å². The summed E-state index contributed by atoms with van der Waals surface area (Å²) in [6.45, 7) is 6.39. The van der Waals surface area contributed by atoms with Crippen LogP contribution in [0.1, 0.15) is 46.0 Å². The second-order valence-electron chi connectivity index (χ2n) is 5.29. The molecule has 2 nitrogen and oxygen atoms in total. The molecule has 0 bridgehead atoms. The average molecular weight is 221 g/mol. The van der Waals surface area contributed by atoms with Crippen LogP contribution in [-0.4, -0.2) is 29.8 Å². The lowest BCUT2D eigenvalue weighted by molar-refractivity contribution is -0.127. The van der Waals surface area contributed by atoms with Crippen LogP contribution in [0, 0.1) is 5.92 Å². The van der Waals surface area contributed by atoms with Gasteiger partial charge in [-0.3, -0.25) is 9.69 Å². The zero-order valence-corrected chi connectivity index (χ0v) is 10.5. The number of likely N-dealkylation sites (tertiary alicyclic amines) is 1. The van der Waals surface area contributed by atoms with Gasteiger partial charge in [0.05, 0.1) is 0 Å². The third-order valence-electron chi connectivity index (χ3n) is 4.31. The van der Waals surface area contributed by atoms with Gasteiger partial charge >= 0.3 is 0 Å². The Kier molecular flexibility index (Phi) is 3.80. The van der Waals surface area contributed by atoms with Crippen LogP contribution in [0.4, 0.5) is 0 Å². The minimum absolute atomic E-state index is 0.228. The first-order valence-electron chi connectivity index (χ1n) is 6.63. The van der Waals surface area contributed by atoms with Crippen LogP contribution in [0.25, 0.3) is 0 Å². The third-order valence-corrected chi connectivity index (χ3v) is 4.31. The second kappa shape index (κ2) is 5.13. The molecule has 2 aliphatic rings. The molecule has 1 fully saturated rings. The summed E-state index contributed by atoms with van der Waals surface area (Å²) >= 11 is 0. The lowest BCUT2D eigenvalue weighted by atomic mass is 9.90. The lowest BCUT2D eigenvalue weighted by Crippen LogP contribution is -2.47. The molecule has 2 unspecified atom stereocenters. The van der Waals surface area contributed by atoms with Crippen molar-refractivity contribution in [1.82, 2.24) is 4.90 Å². The minimum Gasteiger partial charge on any atom is -0.299 e. The molecular weight excluding hydrogens is 198 g/mol. The Balaban J connectivity index is 1.83. The molecule has 0 spiro atoms. The molecule has 1 aliphatic heterocycles. The summed E-state index contributed by atoms with van der Waals surface area (Å²) in [6, 6.07) is 0.434. The molecule has 0 saturated carbocycles. The molecule has 0 aromatic heterocycles. The van der Waals surface area contributed by atoms with E-state index in [9.17, 15) is 4.79 Å². The molecule has 16 heavy (non-hydrogen) atoms. The van der Waals surface area contributed by atoms with E-state index in [2.05, 4.69) is 24.8 Å². The summed E-state index contributed by atoms with van der Waals surface area (Å²) in [6.07, 6.45) is 8.30. The molecule has 2 heteroatoms. The van der Waals surface area contributed by atoms with Crippen molar-refractivity contribution in [3.8, 4) is 0 Å². The molecule has 0 aromatic carbocycles. The number of carbonyl (C=O) groups is 1.